The van der Waals surface area contributed by atoms with Gasteiger partial charge in [0.1, 0.15) is 5.76 Å². The molecule has 1 aliphatic rings. The van der Waals surface area contributed by atoms with Crippen molar-refractivity contribution in [3.05, 3.63) is 54.0 Å². The molecule has 0 radical (unpaired) electrons. The summed E-state index contributed by atoms with van der Waals surface area (Å²) in [6.07, 6.45) is 1.94. The molecule has 2 aromatic rings. The number of amides is 3. The summed E-state index contributed by atoms with van der Waals surface area (Å²) in [5.74, 6) is 0.379. The summed E-state index contributed by atoms with van der Waals surface area (Å²) >= 11 is 0. The van der Waals surface area contributed by atoms with Gasteiger partial charge in [-0.2, -0.15) is 0 Å². The number of furan rings is 1. The van der Waals surface area contributed by atoms with Gasteiger partial charge < -0.3 is 20.4 Å². The second-order valence-electron chi connectivity index (χ2n) is 6.04. The molecule has 8 nitrogen and oxygen atoms in total. The summed E-state index contributed by atoms with van der Waals surface area (Å²) < 4.78 is 28.0. The Labute approximate surface area is 150 Å². The smallest absolute Gasteiger partial charge is 0.319 e. The Morgan fingerprint density at radius 1 is 1.19 bits per heavy atom. The van der Waals surface area contributed by atoms with Crippen LogP contribution in [0.25, 0.3) is 0 Å². The molecular formula is C17H19N3O5S. The summed E-state index contributed by atoms with van der Waals surface area (Å²) in [6.45, 7) is 0.264. The standard InChI is InChI=1S/C17H19N3O5S/c21-16(18-10-15-5-2-7-25-15)12-3-1-4-13(9-12)19-17(22)20-14-6-8-26(23,24)11-14/h1-5,7,9,14H,6,8,10-11H2,(H,18,21)(H2,19,20,22). The highest BCUT2D eigenvalue weighted by molar-refractivity contribution is 7.91. The lowest BCUT2D eigenvalue weighted by Crippen LogP contribution is -2.38. The van der Waals surface area contributed by atoms with E-state index in [1.807, 2.05) is 0 Å². The van der Waals surface area contributed by atoms with Crippen molar-refractivity contribution in [2.75, 3.05) is 16.8 Å². The van der Waals surface area contributed by atoms with Gasteiger partial charge in [0.2, 0.25) is 0 Å². The monoisotopic (exact) mass is 377 g/mol. The van der Waals surface area contributed by atoms with Gasteiger partial charge in [0.15, 0.2) is 9.84 Å². The molecule has 1 atom stereocenters. The number of sulfone groups is 1. The van der Waals surface area contributed by atoms with E-state index in [2.05, 4.69) is 16.0 Å². The van der Waals surface area contributed by atoms with Gasteiger partial charge in [0.25, 0.3) is 5.91 Å². The van der Waals surface area contributed by atoms with Crippen molar-refractivity contribution < 1.29 is 22.4 Å². The zero-order chi connectivity index (χ0) is 18.6. The van der Waals surface area contributed by atoms with Crippen molar-refractivity contribution in [3.8, 4) is 0 Å². The van der Waals surface area contributed by atoms with Crippen molar-refractivity contribution in [2.45, 2.75) is 19.0 Å². The number of hydrogen-bond acceptors (Lipinski definition) is 5. The van der Waals surface area contributed by atoms with E-state index in [-0.39, 0.29) is 30.0 Å². The van der Waals surface area contributed by atoms with Crippen LogP contribution >= 0.6 is 0 Å². The highest BCUT2D eigenvalue weighted by Gasteiger charge is 2.28. The molecule has 1 aromatic carbocycles. The second kappa shape index (κ2) is 7.61. The van der Waals surface area contributed by atoms with Gasteiger partial charge in [-0.15, -0.1) is 0 Å². The molecule has 3 amide bonds. The maximum absolute atomic E-state index is 12.2. The first-order valence-corrected chi connectivity index (χ1v) is 9.92. The van der Waals surface area contributed by atoms with E-state index in [9.17, 15) is 18.0 Å². The van der Waals surface area contributed by atoms with Crippen LogP contribution in [-0.4, -0.2) is 37.9 Å². The minimum Gasteiger partial charge on any atom is -0.467 e. The molecule has 26 heavy (non-hydrogen) atoms. The molecular weight excluding hydrogens is 358 g/mol. The third-order valence-corrected chi connectivity index (χ3v) is 5.72. The third-order valence-electron chi connectivity index (χ3n) is 3.95. The SMILES string of the molecule is O=C(Nc1cccc(C(=O)NCc2ccco2)c1)NC1CCS(=O)(=O)C1. The van der Waals surface area contributed by atoms with Crippen molar-refractivity contribution in [1.29, 1.82) is 0 Å². The second-order valence-corrected chi connectivity index (χ2v) is 8.27. The van der Waals surface area contributed by atoms with Gasteiger partial charge in [-0.1, -0.05) is 6.07 Å². The zero-order valence-corrected chi connectivity index (χ0v) is 14.7. The van der Waals surface area contributed by atoms with E-state index in [4.69, 9.17) is 4.42 Å². The molecule has 0 bridgehead atoms. The lowest BCUT2D eigenvalue weighted by atomic mass is 10.2. The van der Waals surface area contributed by atoms with Gasteiger partial charge in [-0.3, -0.25) is 4.79 Å². The fourth-order valence-corrected chi connectivity index (χ4v) is 4.36. The van der Waals surface area contributed by atoms with Crippen LogP contribution in [-0.2, 0) is 16.4 Å². The molecule has 1 saturated heterocycles. The first kappa shape index (κ1) is 18.0. The number of rotatable bonds is 5. The highest BCUT2D eigenvalue weighted by Crippen LogP contribution is 2.13. The zero-order valence-electron chi connectivity index (χ0n) is 13.9. The van der Waals surface area contributed by atoms with E-state index >= 15 is 0 Å². The first-order valence-electron chi connectivity index (χ1n) is 8.10. The summed E-state index contributed by atoms with van der Waals surface area (Å²) in [6, 6.07) is 9.07. The quantitative estimate of drug-likeness (QED) is 0.730. The first-order chi connectivity index (χ1) is 12.4. The van der Waals surface area contributed by atoms with Crippen LogP contribution in [0.15, 0.2) is 47.1 Å². The molecule has 9 heteroatoms. The van der Waals surface area contributed by atoms with Crippen LogP contribution in [0.1, 0.15) is 22.5 Å². The average Bonchev–Trinajstić information content (AvgIpc) is 3.22. The van der Waals surface area contributed by atoms with Crippen LogP contribution in [0.4, 0.5) is 10.5 Å². The number of hydrogen-bond donors (Lipinski definition) is 3. The summed E-state index contributed by atoms with van der Waals surface area (Å²) in [4.78, 5) is 24.2. The van der Waals surface area contributed by atoms with Gasteiger partial charge in [-0.05, 0) is 36.8 Å². The van der Waals surface area contributed by atoms with Crippen LogP contribution in [0.5, 0.6) is 0 Å². The lowest BCUT2D eigenvalue weighted by molar-refractivity contribution is 0.0948. The van der Waals surface area contributed by atoms with Gasteiger partial charge in [0.05, 0.1) is 24.3 Å². The fourth-order valence-electron chi connectivity index (χ4n) is 2.68. The normalized spacial score (nSPS) is 18.2. The summed E-state index contributed by atoms with van der Waals surface area (Å²) in [7, 11) is -3.06. The van der Waals surface area contributed by atoms with Gasteiger partial charge in [-0.25, -0.2) is 13.2 Å². The highest BCUT2D eigenvalue weighted by atomic mass is 32.2. The van der Waals surface area contributed by atoms with Crippen molar-refractivity contribution in [1.82, 2.24) is 10.6 Å². The van der Waals surface area contributed by atoms with Crippen LogP contribution in [0, 0.1) is 0 Å². The van der Waals surface area contributed by atoms with E-state index in [0.29, 0.717) is 23.4 Å². The lowest BCUT2D eigenvalue weighted by Gasteiger charge is -2.12. The topological polar surface area (TPSA) is 118 Å². The molecule has 0 saturated carbocycles. The van der Waals surface area contributed by atoms with Crippen molar-refractivity contribution >= 4 is 27.5 Å². The number of carbonyl (C=O) groups excluding carboxylic acids is 2. The fraction of sp³-hybridized carbons (Fsp3) is 0.294. The summed E-state index contributed by atoms with van der Waals surface area (Å²) in [5, 5.41) is 7.97. The van der Waals surface area contributed by atoms with Crippen molar-refractivity contribution in [2.24, 2.45) is 0 Å². The number of anilines is 1. The molecule has 1 fully saturated rings. The Morgan fingerprint density at radius 3 is 2.73 bits per heavy atom. The largest absolute Gasteiger partial charge is 0.467 e. The molecule has 0 spiro atoms. The Kier molecular flexibility index (Phi) is 5.27. The number of carbonyl (C=O) groups is 2. The predicted octanol–water partition coefficient (Wildman–Crippen LogP) is 1.52. The molecule has 3 N–H and O–H groups in total. The molecule has 1 unspecified atom stereocenters. The Morgan fingerprint density at radius 2 is 2.04 bits per heavy atom. The summed E-state index contributed by atoms with van der Waals surface area (Å²) in [5.41, 5.74) is 0.826. The predicted molar refractivity (Wildman–Crippen MR) is 95.5 cm³/mol. The van der Waals surface area contributed by atoms with E-state index in [1.54, 1.807) is 36.4 Å². The van der Waals surface area contributed by atoms with E-state index in [1.165, 1.54) is 6.26 Å². The number of benzene rings is 1. The van der Waals surface area contributed by atoms with Gasteiger partial charge >= 0.3 is 6.03 Å². The molecule has 0 aliphatic carbocycles. The number of urea groups is 1. The molecule has 1 aromatic heterocycles. The molecule has 1 aliphatic heterocycles. The Hall–Kier alpha value is -2.81. The van der Waals surface area contributed by atoms with Crippen LogP contribution in [0.3, 0.4) is 0 Å². The maximum Gasteiger partial charge on any atom is 0.319 e. The van der Waals surface area contributed by atoms with Crippen LogP contribution in [0.2, 0.25) is 0 Å². The average molecular weight is 377 g/mol. The van der Waals surface area contributed by atoms with Gasteiger partial charge in [0, 0.05) is 17.3 Å². The van der Waals surface area contributed by atoms with E-state index < -0.39 is 15.9 Å². The van der Waals surface area contributed by atoms with Crippen molar-refractivity contribution in [3.63, 3.8) is 0 Å². The number of nitrogens with one attached hydrogen (secondary N) is 3. The third kappa shape index (κ3) is 4.85. The minimum absolute atomic E-state index is 0.0460. The molecule has 138 valence electrons. The van der Waals surface area contributed by atoms with E-state index in [0.717, 1.165) is 0 Å². The molecule has 3 rings (SSSR count). The minimum atomic E-state index is -3.06. The Balaban J connectivity index is 1.55. The maximum atomic E-state index is 12.2. The molecule has 2 heterocycles. The Bertz CT molecular complexity index is 893. The van der Waals surface area contributed by atoms with Crippen LogP contribution < -0.4 is 16.0 Å².